The standard InChI is InChI=1S/C9H9IOS/c10-9-7-4-2-1-3-6(7)8(5-11)12-9/h5H,1-4H2. The first-order valence-electron chi connectivity index (χ1n) is 4.08. The maximum absolute atomic E-state index is 10.7. The van der Waals surface area contributed by atoms with Crippen LogP contribution in [0.3, 0.4) is 0 Å². The van der Waals surface area contributed by atoms with Gasteiger partial charge in [0.25, 0.3) is 0 Å². The number of carbonyl (C=O) groups is 1. The van der Waals surface area contributed by atoms with Gasteiger partial charge in [-0.2, -0.15) is 0 Å². The summed E-state index contributed by atoms with van der Waals surface area (Å²) in [7, 11) is 0. The Kier molecular flexibility index (Phi) is 2.50. The van der Waals surface area contributed by atoms with Crippen LogP contribution in [-0.4, -0.2) is 6.29 Å². The van der Waals surface area contributed by atoms with Gasteiger partial charge < -0.3 is 0 Å². The molecule has 1 aromatic heterocycles. The molecule has 1 heterocycles. The van der Waals surface area contributed by atoms with Crippen LogP contribution in [0.2, 0.25) is 0 Å². The molecule has 0 N–H and O–H groups in total. The molecule has 0 saturated heterocycles. The minimum absolute atomic E-state index is 0.967. The fourth-order valence-electron chi connectivity index (χ4n) is 1.71. The van der Waals surface area contributed by atoms with Crippen molar-refractivity contribution in [2.45, 2.75) is 25.7 Å². The molecule has 0 saturated carbocycles. The van der Waals surface area contributed by atoms with Crippen LogP contribution >= 0.6 is 33.9 Å². The zero-order chi connectivity index (χ0) is 8.55. The number of aldehydes is 1. The van der Waals surface area contributed by atoms with Crippen LogP contribution in [0, 0.1) is 2.88 Å². The van der Waals surface area contributed by atoms with Crippen molar-refractivity contribution in [3.05, 3.63) is 18.9 Å². The first kappa shape index (κ1) is 8.69. The minimum atomic E-state index is 0.967. The molecule has 1 aliphatic rings. The Bertz CT molecular complexity index is 317. The molecular formula is C9H9IOS. The summed E-state index contributed by atoms with van der Waals surface area (Å²) in [5.41, 5.74) is 2.79. The molecule has 0 radical (unpaired) electrons. The lowest BCUT2D eigenvalue weighted by atomic mass is 9.94. The van der Waals surface area contributed by atoms with E-state index in [1.807, 2.05) is 0 Å². The van der Waals surface area contributed by atoms with E-state index < -0.39 is 0 Å². The largest absolute Gasteiger partial charge is 0.297 e. The number of halogens is 1. The Hall–Kier alpha value is 0.100. The van der Waals surface area contributed by atoms with E-state index in [-0.39, 0.29) is 0 Å². The summed E-state index contributed by atoms with van der Waals surface area (Å²) in [5.74, 6) is 0. The zero-order valence-electron chi connectivity index (χ0n) is 6.60. The summed E-state index contributed by atoms with van der Waals surface area (Å²) in [6, 6.07) is 0. The van der Waals surface area contributed by atoms with Crippen molar-refractivity contribution in [1.29, 1.82) is 0 Å². The lowest BCUT2D eigenvalue weighted by Gasteiger charge is -2.11. The van der Waals surface area contributed by atoms with E-state index in [1.165, 1.54) is 33.3 Å². The van der Waals surface area contributed by atoms with Crippen LogP contribution in [0.5, 0.6) is 0 Å². The highest BCUT2D eigenvalue weighted by Gasteiger charge is 2.18. The number of fused-ring (bicyclic) bond motifs is 1. The van der Waals surface area contributed by atoms with Crippen LogP contribution in [0.15, 0.2) is 0 Å². The molecule has 2 rings (SSSR count). The molecule has 0 fully saturated rings. The lowest BCUT2D eigenvalue weighted by molar-refractivity contribution is 0.112. The Balaban J connectivity index is 2.53. The lowest BCUT2D eigenvalue weighted by Crippen LogP contribution is -2.01. The van der Waals surface area contributed by atoms with Crippen LogP contribution in [0.4, 0.5) is 0 Å². The minimum Gasteiger partial charge on any atom is -0.297 e. The summed E-state index contributed by atoms with van der Waals surface area (Å²) in [6.45, 7) is 0. The predicted molar refractivity (Wildman–Crippen MR) is 59.1 cm³/mol. The van der Waals surface area contributed by atoms with Gasteiger partial charge in [-0.05, 0) is 59.4 Å². The molecule has 0 spiro atoms. The van der Waals surface area contributed by atoms with E-state index in [4.69, 9.17) is 0 Å². The third-order valence-corrected chi connectivity index (χ3v) is 4.61. The Morgan fingerprint density at radius 3 is 2.58 bits per heavy atom. The van der Waals surface area contributed by atoms with E-state index in [0.717, 1.165) is 17.6 Å². The third-order valence-electron chi connectivity index (χ3n) is 2.31. The predicted octanol–water partition coefficient (Wildman–Crippen LogP) is 3.04. The second kappa shape index (κ2) is 3.46. The first-order valence-corrected chi connectivity index (χ1v) is 5.97. The average Bonchev–Trinajstić information content (AvgIpc) is 2.44. The molecule has 3 heteroatoms. The number of thiophene rings is 1. The molecule has 1 aliphatic carbocycles. The van der Waals surface area contributed by atoms with Gasteiger partial charge in [-0.25, -0.2) is 0 Å². The molecule has 12 heavy (non-hydrogen) atoms. The molecule has 0 aliphatic heterocycles. The van der Waals surface area contributed by atoms with Crippen molar-refractivity contribution in [1.82, 2.24) is 0 Å². The molecular weight excluding hydrogens is 283 g/mol. The zero-order valence-corrected chi connectivity index (χ0v) is 9.57. The van der Waals surface area contributed by atoms with Gasteiger partial charge in [0.15, 0.2) is 6.29 Å². The van der Waals surface area contributed by atoms with Crippen LogP contribution < -0.4 is 0 Å². The Morgan fingerprint density at radius 2 is 1.92 bits per heavy atom. The summed E-state index contributed by atoms with van der Waals surface area (Å²) in [4.78, 5) is 11.7. The maximum atomic E-state index is 10.7. The van der Waals surface area contributed by atoms with Crippen molar-refractivity contribution in [2.24, 2.45) is 0 Å². The summed E-state index contributed by atoms with van der Waals surface area (Å²) < 4.78 is 1.32. The van der Waals surface area contributed by atoms with Crippen LogP contribution in [-0.2, 0) is 12.8 Å². The van der Waals surface area contributed by atoms with Crippen molar-refractivity contribution in [2.75, 3.05) is 0 Å². The van der Waals surface area contributed by atoms with Gasteiger partial charge in [-0.3, -0.25) is 4.79 Å². The Labute approximate surface area is 89.3 Å². The third kappa shape index (κ3) is 1.33. The molecule has 0 aromatic carbocycles. The van der Waals surface area contributed by atoms with Gasteiger partial charge in [0.05, 0.1) is 7.76 Å². The number of hydrogen-bond acceptors (Lipinski definition) is 2. The van der Waals surface area contributed by atoms with Crippen molar-refractivity contribution >= 4 is 40.2 Å². The van der Waals surface area contributed by atoms with Gasteiger partial charge in [-0.15, -0.1) is 11.3 Å². The van der Waals surface area contributed by atoms with Crippen molar-refractivity contribution in [3.8, 4) is 0 Å². The highest BCUT2D eigenvalue weighted by Crippen LogP contribution is 2.34. The SMILES string of the molecule is O=Cc1sc(I)c2c1CCCC2. The van der Waals surface area contributed by atoms with E-state index in [9.17, 15) is 4.79 Å². The number of carbonyl (C=O) groups excluding carboxylic acids is 1. The first-order chi connectivity index (χ1) is 5.83. The van der Waals surface area contributed by atoms with Crippen LogP contribution in [0.25, 0.3) is 0 Å². The topological polar surface area (TPSA) is 17.1 Å². The Morgan fingerprint density at radius 1 is 1.25 bits per heavy atom. The van der Waals surface area contributed by atoms with Crippen molar-refractivity contribution in [3.63, 3.8) is 0 Å². The second-order valence-corrected chi connectivity index (χ2v) is 5.89. The molecule has 0 amide bonds. The smallest absolute Gasteiger partial charge is 0.160 e. The van der Waals surface area contributed by atoms with Crippen LogP contribution in [0.1, 0.15) is 33.6 Å². The quantitative estimate of drug-likeness (QED) is 0.574. The van der Waals surface area contributed by atoms with Gasteiger partial charge in [-0.1, -0.05) is 0 Å². The average molecular weight is 292 g/mol. The molecule has 1 aromatic rings. The fourth-order valence-corrected chi connectivity index (χ4v) is 3.95. The maximum Gasteiger partial charge on any atom is 0.160 e. The van der Waals surface area contributed by atoms with Gasteiger partial charge in [0.1, 0.15) is 0 Å². The van der Waals surface area contributed by atoms with Crippen molar-refractivity contribution < 1.29 is 4.79 Å². The monoisotopic (exact) mass is 292 g/mol. The molecule has 0 unspecified atom stereocenters. The number of hydrogen-bond donors (Lipinski definition) is 0. The summed E-state index contributed by atoms with van der Waals surface area (Å²) in [5, 5.41) is 0. The van der Waals surface area contributed by atoms with E-state index in [1.54, 1.807) is 11.3 Å². The van der Waals surface area contributed by atoms with Gasteiger partial charge in [0, 0.05) is 0 Å². The van der Waals surface area contributed by atoms with Gasteiger partial charge >= 0.3 is 0 Å². The number of rotatable bonds is 1. The summed E-state index contributed by atoms with van der Waals surface area (Å²) >= 11 is 4.00. The molecule has 64 valence electrons. The summed E-state index contributed by atoms with van der Waals surface area (Å²) in [6.07, 6.45) is 5.84. The fraction of sp³-hybridized carbons (Fsp3) is 0.444. The molecule has 0 bridgehead atoms. The van der Waals surface area contributed by atoms with Gasteiger partial charge in [0.2, 0.25) is 0 Å². The van der Waals surface area contributed by atoms with E-state index in [0.29, 0.717) is 0 Å². The molecule has 0 atom stereocenters. The second-order valence-electron chi connectivity index (χ2n) is 3.02. The van der Waals surface area contributed by atoms with E-state index >= 15 is 0 Å². The normalized spacial score (nSPS) is 15.8. The highest BCUT2D eigenvalue weighted by molar-refractivity contribution is 14.1. The highest BCUT2D eigenvalue weighted by atomic mass is 127. The van der Waals surface area contributed by atoms with E-state index in [2.05, 4.69) is 22.6 Å². The molecule has 1 nitrogen and oxygen atoms in total.